The average molecular weight is 237 g/mol. The van der Waals surface area contributed by atoms with Crippen LogP contribution in [-0.2, 0) is 4.74 Å². The Labute approximate surface area is 104 Å². The molecule has 0 aliphatic heterocycles. The van der Waals surface area contributed by atoms with E-state index >= 15 is 0 Å². The predicted octanol–water partition coefficient (Wildman–Crippen LogP) is 3.17. The average Bonchev–Trinajstić information content (AvgIpc) is 2.31. The summed E-state index contributed by atoms with van der Waals surface area (Å²) in [6.07, 6.45) is 0. The number of para-hydroxylation sites is 2. The van der Waals surface area contributed by atoms with Crippen LogP contribution in [0, 0.1) is 5.92 Å². The van der Waals surface area contributed by atoms with Crippen molar-refractivity contribution in [3.8, 4) is 5.75 Å². The third kappa shape index (κ3) is 4.27. The van der Waals surface area contributed by atoms with E-state index in [0.717, 1.165) is 11.4 Å². The third-order valence-electron chi connectivity index (χ3n) is 2.68. The molecule has 0 aromatic heterocycles. The third-order valence-corrected chi connectivity index (χ3v) is 2.68. The van der Waals surface area contributed by atoms with Crippen molar-refractivity contribution in [2.24, 2.45) is 5.92 Å². The van der Waals surface area contributed by atoms with Gasteiger partial charge in [0, 0.05) is 7.11 Å². The second kappa shape index (κ2) is 7.17. The van der Waals surface area contributed by atoms with E-state index in [2.05, 4.69) is 19.2 Å². The minimum Gasteiger partial charge on any atom is -0.492 e. The lowest BCUT2D eigenvalue weighted by Gasteiger charge is -2.24. The first-order chi connectivity index (χ1) is 8.19. The molecule has 0 fully saturated rings. The van der Waals surface area contributed by atoms with Crippen LogP contribution in [0.4, 0.5) is 5.69 Å². The zero-order chi connectivity index (χ0) is 12.7. The molecule has 0 amide bonds. The summed E-state index contributed by atoms with van der Waals surface area (Å²) in [4.78, 5) is 0. The molecule has 0 aliphatic carbocycles. The van der Waals surface area contributed by atoms with Gasteiger partial charge in [-0.1, -0.05) is 26.0 Å². The quantitative estimate of drug-likeness (QED) is 0.790. The van der Waals surface area contributed by atoms with Gasteiger partial charge >= 0.3 is 0 Å². The van der Waals surface area contributed by atoms with Gasteiger partial charge in [-0.05, 0) is 25.0 Å². The number of nitrogens with one attached hydrogen (secondary N) is 1. The number of ether oxygens (including phenoxy) is 2. The number of anilines is 1. The van der Waals surface area contributed by atoms with Crippen molar-refractivity contribution in [2.75, 3.05) is 25.6 Å². The van der Waals surface area contributed by atoms with Crippen molar-refractivity contribution in [3.63, 3.8) is 0 Å². The lowest BCUT2D eigenvalue weighted by molar-refractivity contribution is 0.171. The Morgan fingerprint density at radius 3 is 2.53 bits per heavy atom. The van der Waals surface area contributed by atoms with Gasteiger partial charge in [0.1, 0.15) is 5.75 Å². The highest BCUT2D eigenvalue weighted by Gasteiger charge is 2.14. The molecule has 1 rings (SSSR count). The van der Waals surface area contributed by atoms with Crippen molar-refractivity contribution in [3.05, 3.63) is 24.3 Å². The highest BCUT2D eigenvalue weighted by molar-refractivity contribution is 5.56. The molecule has 1 aromatic carbocycles. The summed E-state index contributed by atoms with van der Waals surface area (Å²) in [5.41, 5.74) is 1.03. The molecule has 3 nitrogen and oxygen atoms in total. The SMILES string of the molecule is CCOc1ccccc1NC(COC)C(C)C. The molecular formula is C14H23NO2. The van der Waals surface area contributed by atoms with Gasteiger partial charge < -0.3 is 14.8 Å². The van der Waals surface area contributed by atoms with Crippen molar-refractivity contribution < 1.29 is 9.47 Å². The first-order valence-electron chi connectivity index (χ1n) is 6.16. The molecule has 0 heterocycles. The second-order valence-corrected chi connectivity index (χ2v) is 4.38. The lowest BCUT2D eigenvalue weighted by atomic mass is 10.0. The maximum atomic E-state index is 5.59. The molecule has 0 aliphatic rings. The molecule has 0 spiro atoms. The van der Waals surface area contributed by atoms with Gasteiger partial charge in [0.25, 0.3) is 0 Å². The van der Waals surface area contributed by atoms with Crippen LogP contribution in [-0.4, -0.2) is 26.4 Å². The monoisotopic (exact) mass is 237 g/mol. The van der Waals surface area contributed by atoms with Crippen molar-refractivity contribution in [1.29, 1.82) is 0 Å². The minimum atomic E-state index is 0.293. The van der Waals surface area contributed by atoms with Gasteiger partial charge in [0.2, 0.25) is 0 Å². The molecule has 1 N–H and O–H groups in total. The highest BCUT2D eigenvalue weighted by Crippen LogP contribution is 2.25. The van der Waals surface area contributed by atoms with E-state index < -0.39 is 0 Å². The fourth-order valence-corrected chi connectivity index (χ4v) is 1.65. The largest absolute Gasteiger partial charge is 0.492 e. The molecule has 17 heavy (non-hydrogen) atoms. The summed E-state index contributed by atoms with van der Waals surface area (Å²) in [5.74, 6) is 1.40. The van der Waals surface area contributed by atoms with Crippen LogP contribution in [0.25, 0.3) is 0 Å². The number of hydrogen-bond donors (Lipinski definition) is 1. The molecule has 1 atom stereocenters. The maximum absolute atomic E-state index is 5.59. The molecule has 0 bridgehead atoms. The number of rotatable bonds is 7. The molecule has 1 unspecified atom stereocenters. The molecular weight excluding hydrogens is 214 g/mol. The fraction of sp³-hybridized carbons (Fsp3) is 0.571. The Hall–Kier alpha value is -1.22. The predicted molar refractivity (Wildman–Crippen MR) is 71.7 cm³/mol. The summed E-state index contributed by atoms with van der Waals surface area (Å²) in [5, 5.41) is 3.48. The zero-order valence-electron chi connectivity index (χ0n) is 11.2. The Bertz CT molecular complexity index is 326. The van der Waals surface area contributed by atoms with E-state index in [-0.39, 0.29) is 0 Å². The molecule has 0 saturated carbocycles. The van der Waals surface area contributed by atoms with Crippen LogP contribution in [0.15, 0.2) is 24.3 Å². The summed E-state index contributed by atoms with van der Waals surface area (Å²) in [7, 11) is 1.73. The smallest absolute Gasteiger partial charge is 0.142 e. The first kappa shape index (κ1) is 13.8. The lowest BCUT2D eigenvalue weighted by Crippen LogP contribution is -2.30. The van der Waals surface area contributed by atoms with Crippen molar-refractivity contribution >= 4 is 5.69 Å². The van der Waals surface area contributed by atoms with Gasteiger partial charge in [-0.25, -0.2) is 0 Å². The Balaban J connectivity index is 2.77. The van der Waals surface area contributed by atoms with Gasteiger partial charge in [0.05, 0.1) is 24.9 Å². The molecule has 0 saturated heterocycles. The van der Waals surface area contributed by atoms with Crippen molar-refractivity contribution in [2.45, 2.75) is 26.8 Å². The standard InChI is InChI=1S/C14H23NO2/c1-5-17-14-9-7-6-8-12(14)15-13(10-16-4)11(2)3/h6-9,11,13,15H,5,10H2,1-4H3. The van der Waals surface area contributed by atoms with Gasteiger partial charge in [0.15, 0.2) is 0 Å². The van der Waals surface area contributed by atoms with Crippen LogP contribution in [0.5, 0.6) is 5.75 Å². The van der Waals surface area contributed by atoms with Crippen LogP contribution in [0.2, 0.25) is 0 Å². The number of hydrogen-bond acceptors (Lipinski definition) is 3. The van der Waals surface area contributed by atoms with Crippen molar-refractivity contribution in [1.82, 2.24) is 0 Å². The van der Waals surface area contributed by atoms with E-state index in [1.54, 1.807) is 7.11 Å². The van der Waals surface area contributed by atoms with Crippen LogP contribution < -0.4 is 10.1 Å². The van der Waals surface area contributed by atoms with Crippen LogP contribution >= 0.6 is 0 Å². The van der Waals surface area contributed by atoms with E-state index in [0.29, 0.717) is 25.2 Å². The molecule has 96 valence electrons. The minimum absolute atomic E-state index is 0.293. The molecule has 3 heteroatoms. The Morgan fingerprint density at radius 1 is 1.24 bits per heavy atom. The van der Waals surface area contributed by atoms with E-state index in [4.69, 9.17) is 9.47 Å². The van der Waals surface area contributed by atoms with Crippen LogP contribution in [0.1, 0.15) is 20.8 Å². The first-order valence-corrected chi connectivity index (χ1v) is 6.16. The summed E-state index contributed by atoms with van der Waals surface area (Å²) < 4.78 is 10.8. The fourth-order valence-electron chi connectivity index (χ4n) is 1.65. The van der Waals surface area contributed by atoms with Gasteiger partial charge in [-0.15, -0.1) is 0 Å². The van der Waals surface area contributed by atoms with E-state index in [9.17, 15) is 0 Å². The Kier molecular flexibility index (Phi) is 5.84. The summed E-state index contributed by atoms with van der Waals surface area (Å²) in [6.45, 7) is 7.72. The zero-order valence-corrected chi connectivity index (χ0v) is 11.2. The second-order valence-electron chi connectivity index (χ2n) is 4.38. The topological polar surface area (TPSA) is 30.5 Å². The molecule has 0 radical (unpaired) electrons. The number of benzene rings is 1. The Morgan fingerprint density at radius 2 is 1.94 bits per heavy atom. The van der Waals surface area contributed by atoms with Gasteiger partial charge in [-0.3, -0.25) is 0 Å². The normalized spacial score (nSPS) is 12.5. The highest BCUT2D eigenvalue weighted by atomic mass is 16.5. The molecule has 1 aromatic rings. The van der Waals surface area contributed by atoms with E-state index in [1.165, 1.54) is 0 Å². The maximum Gasteiger partial charge on any atom is 0.142 e. The summed E-state index contributed by atoms with van der Waals surface area (Å²) >= 11 is 0. The summed E-state index contributed by atoms with van der Waals surface area (Å²) in [6, 6.07) is 8.31. The number of methoxy groups -OCH3 is 1. The van der Waals surface area contributed by atoms with Crippen LogP contribution in [0.3, 0.4) is 0 Å². The van der Waals surface area contributed by atoms with E-state index in [1.807, 2.05) is 31.2 Å². The van der Waals surface area contributed by atoms with Gasteiger partial charge in [-0.2, -0.15) is 0 Å².